The zero-order valence-corrected chi connectivity index (χ0v) is 15.1. The molecule has 0 bridgehead atoms. The lowest BCUT2D eigenvalue weighted by Gasteiger charge is -2.06. The van der Waals surface area contributed by atoms with Gasteiger partial charge in [0.1, 0.15) is 5.75 Å². The van der Waals surface area contributed by atoms with Crippen LogP contribution < -0.4 is 10.1 Å². The molecule has 0 spiro atoms. The molecule has 3 rings (SSSR count). The summed E-state index contributed by atoms with van der Waals surface area (Å²) in [6, 6.07) is 13.8. The van der Waals surface area contributed by atoms with Gasteiger partial charge in [-0.15, -0.1) is 11.6 Å². The third-order valence-corrected chi connectivity index (χ3v) is 4.40. The van der Waals surface area contributed by atoms with Gasteiger partial charge in [0.25, 0.3) is 5.91 Å². The van der Waals surface area contributed by atoms with E-state index in [2.05, 4.69) is 12.2 Å². The topological polar surface area (TPSA) is 38.3 Å². The van der Waals surface area contributed by atoms with E-state index in [1.165, 1.54) is 0 Å². The molecule has 2 aromatic carbocycles. The van der Waals surface area contributed by atoms with Crippen molar-refractivity contribution in [2.24, 2.45) is 0 Å². The highest BCUT2D eigenvalue weighted by Gasteiger charge is 2.24. The number of carbonyl (C=O) groups excluding carboxylic acids is 1. The molecule has 130 valence electrons. The van der Waals surface area contributed by atoms with Gasteiger partial charge in [-0.25, -0.2) is 0 Å². The molecule has 1 heterocycles. The summed E-state index contributed by atoms with van der Waals surface area (Å²) in [4.78, 5) is 12.3. The van der Waals surface area contributed by atoms with E-state index in [1.54, 1.807) is 0 Å². The molecule has 1 amide bonds. The predicted octanol–water partition coefficient (Wildman–Crippen LogP) is 5.14. The first-order chi connectivity index (χ1) is 12.2. The number of ether oxygens (including phenoxy) is 1. The Morgan fingerprint density at radius 1 is 1.16 bits per heavy atom. The summed E-state index contributed by atoms with van der Waals surface area (Å²) < 4.78 is 5.68. The minimum atomic E-state index is -0.0682. The summed E-state index contributed by atoms with van der Waals surface area (Å²) >= 11 is 5.83. The highest BCUT2D eigenvalue weighted by molar-refractivity contribution is 6.35. The molecular formula is C21H22ClNO2. The molecule has 25 heavy (non-hydrogen) atoms. The Balaban J connectivity index is 1.82. The van der Waals surface area contributed by atoms with Crippen LogP contribution >= 0.6 is 11.6 Å². The van der Waals surface area contributed by atoms with Gasteiger partial charge in [-0.05, 0) is 54.3 Å². The second kappa shape index (κ2) is 8.21. The third kappa shape index (κ3) is 4.23. The number of rotatable bonds is 7. The van der Waals surface area contributed by atoms with E-state index >= 15 is 0 Å². The molecule has 0 unspecified atom stereocenters. The molecule has 1 aliphatic heterocycles. The lowest BCUT2D eigenvalue weighted by Crippen LogP contribution is -2.03. The minimum absolute atomic E-state index is 0.0682. The Hall–Kier alpha value is -2.26. The Bertz CT molecular complexity index is 781. The van der Waals surface area contributed by atoms with Crippen LogP contribution in [0.15, 0.2) is 42.5 Å². The van der Waals surface area contributed by atoms with E-state index in [1.807, 2.05) is 48.5 Å². The number of aryl methyl sites for hydroxylation is 1. The fourth-order valence-corrected chi connectivity index (χ4v) is 3.02. The van der Waals surface area contributed by atoms with Crippen molar-refractivity contribution in [3.63, 3.8) is 0 Å². The van der Waals surface area contributed by atoms with E-state index in [4.69, 9.17) is 16.3 Å². The molecule has 0 aromatic heterocycles. The van der Waals surface area contributed by atoms with Crippen LogP contribution in [-0.4, -0.2) is 18.4 Å². The highest BCUT2D eigenvalue weighted by Crippen LogP contribution is 2.34. The number of anilines is 1. The fourth-order valence-electron chi connectivity index (χ4n) is 2.80. The minimum Gasteiger partial charge on any atom is -0.494 e. The number of hydrogen-bond acceptors (Lipinski definition) is 2. The molecular weight excluding hydrogens is 334 g/mol. The van der Waals surface area contributed by atoms with Gasteiger partial charge in [-0.3, -0.25) is 4.79 Å². The number of fused-ring (bicyclic) bond motifs is 1. The standard InChI is InChI=1S/C21H22ClNO2/c1-2-3-12-25-17-7-4-15(5-8-17)14-19-18-13-16(10-11-22)6-9-20(18)23-21(19)24/h4-9,13-14H,2-3,10-12H2,1H3,(H,23,24). The van der Waals surface area contributed by atoms with Gasteiger partial charge in [0.05, 0.1) is 6.61 Å². The summed E-state index contributed by atoms with van der Waals surface area (Å²) in [5.74, 6) is 1.36. The molecule has 3 nitrogen and oxygen atoms in total. The Labute approximate surface area is 153 Å². The quantitative estimate of drug-likeness (QED) is 0.424. The Kier molecular flexibility index (Phi) is 5.77. The van der Waals surface area contributed by atoms with E-state index in [-0.39, 0.29) is 5.91 Å². The first kappa shape index (κ1) is 17.6. The van der Waals surface area contributed by atoms with E-state index in [0.29, 0.717) is 11.5 Å². The zero-order chi connectivity index (χ0) is 17.6. The second-order valence-electron chi connectivity index (χ2n) is 6.10. The zero-order valence-electron chi connectivity index (χ0n) is 14.3. The average molecular weight is 356 g/mol. The van der Waals surface area contributed by atoms with Crippen molar-refractivity contribution >= 4 is 34.8 Å². The number of amides is 1. The van der Waals surface area contributed by atoms with Crippen molar-refractivity contribution in [3.05, 3.63) is 59.2 Å². The summed E-state index contributed by atoms with van der Waals surface area (Å²) in [6.45, 7) is 2.87. The fraction of sp³-hybridized carbons (Fsp3) is 0.286. The number of alkyl halides is 1. The van der Waals surface area contributed by atoms with Crippen LogP contribution in [0.3, 0.4) is 0 Å². The molecule has 0 fully saturated rings. The van der Waals surface area contributed by atoms with Crippen LogP contribution in [-0.2, 0) is 11.2 Å². The van der Waals surface area contributed by atoms with Gasteiger partial charge >= 0.3 is 0 Å². The smallest absolute Gasteiger partial charge is 0.256 e. The monoisotopic (exact) mass is 355 g/mol. The number of unbranched alkanes of at least 4 members (excludes halogenated alkanes) is 1. The van der Waals surface area contributed by atoms with E-state index in [9.17, 15) is 4.79 Å². The van der Waals surface area contributed by atoms with E-state index in [0.717, 1.165) is 54.0 Å². The second-order valence-corrected chi connectivity index (χ2v) is 6.48. The normalized spacial score (nSPS) is 14.5. The molecule has 2 aromatic rings. The van der Waals surface area contributed by atoms with Crippen molar-refractivity contribution in [1.82, 2.24) is 0 Å². The van der Waals surface area contributed by atoms with Crippen molar-refractivity contribution in [1.29, 1.82) is 0 Å². The van der Waals surface area contributed by atoms with Crippen LogP contribution in [0.2, 0.25) is 0 Å². The Morgan fingerprint density at radius 2 is 1.96 bits per heavy atom. The first-order valence-electron chi connectivity index (χ1n) is 8.66. The lowest BCUT2D eigenvalue weighted by molar-refractivity contribution is -0.110. The molecule has 0 saturated carbocycles. The van der Waals surface area contributed by atoms with Gasteiger partial charge in [0, 0.05) is 22.7 Å². The van der Waals surface area contributed by atoms with Gasteiger partial charge in [0.2, 0.25) is 0 Å². The molecule has 4 heteroatoms. The van der Waals surface area contributed by atoms with Gasteiger partial charge in [0.15, 0.2) is 0 Å². The Morgan fingerprint density at radius 3 is 2.68 bits per heavy atom. The maximum atomic E-state index is 12.3. The number of hydrogen-bond donors (Lipinski definition) is 1. The summed E-state index contributed by atoms with van der Waals surface area (Å²) in [5.41, 5.74) is 4.59. The largest absolute Gasteiger partial charge is 0.494 e. The lowest BCUT2D eigenvalue weighted by atomic mass is 10.0. The van der Waals surface area contributed by atoms with Crippen LogP contribution in [0.1, 0.15) is 36.5 Å². The number of nitrogens with one attached hydrogen (secondary N) is 1. The van der Waals surface area contributed by atoms with Crippen LogP contribution in [0, 0.1) is 0 Å². The van der Waals surface area contributed by atoms with Crippen molar-refractivity contribution in [2.75, 3.05) is 17.8 Å². The van der Waals surface area contributed by atoms with Gasteiger partial charge < -0.3 is 10.1 Å². The van der Waals surface area contributed by atoms with Crippen LogP contribution in [0.4, 0.5) is 5.69 Å². The molecule has 0 radical (unpaired) electrons. The predicted molar refractivity (Wildman–Crippen MR) is 104 cm³/mol. The number of halogens is 1. The molecule has 1 N–H and O–H groups in total. The SMILES string of the molecule is CCCCOc1ccc(C=C2C(=O)Nc3ccc(CCCl)cc32)cc1. The van der Waals surface area contributed by atoms with Gasteiger partial charge in [-0.1, -0.05) is 31.5 Å². The third-order valence-electron chi connectivity index (χ3n) is 4.21. The van der Waals surface area contributed by atoms with Crippen LogP contribution in [0.25, 0.3) is 11.6 Å². The average Bonchev–Trinajstić information content (AvgIpc) is 2.92. The maximum Gasteiger partial charge on any atom is 0.256 e. The maximum absolute atomic E-state index is 12.3. The number of benzene rings is 2. The van der Waals surface area contributed by atoms with Crippen molar-refractivity contribution in [3.8, 4) is 5.75 Å². The van der Waals surface area contributed by atoms with Crippen molar-refractivity contribution < 1.29 is 9.53 Å². The highest BCUT2D eigenvalue weighted by atomic mass is 35.5. The summed E-state index contributed by atoms with van der Waals surface area (Å²) in [5, 5.41) is 2.92. The molecule has 0 atom stereocenters. The molecule has 0 aliphatic carbocycles. The van der Waals surface area contributed by atoms with Crippen molar-refractivity contribution in [2.45, 2.75) is 26.2 Å². The van der Waals surface area contributed by atoms with Crippen LogP contribution in [0.5, 0.6) is 5.75 Å². The first-order valence-corrected chi connectivity index (χ1v) is 9.20. The summed E-state index contributed by atoms with van der Waals surface area (Å²) in [6.07, 6.45) is 4.87. The van der Waals surface area contributed by atoms with E-state index < -0.39 is 0 Å². The molecule has 1 aliphatic rings. The van der Waals surface area contributed by atoms with Gasteiger partial charge in [-0.2, -0.15) is 0 Å². The number of carbonyl (C=O) groups is 1. The molecule has 0 saturated heterocycles. The summed E-state index contributed by atoms with van der Waals surface area (Å²) in [7, 11) is 0.